The maximum atomic E-state index is 13.1. The normalized spacial score (nSPS) is 11.0. The molecule has 0 radical (unpaired) electrons. The number of hydrogen-bond acceptors (Lipinski definition) is 3. The largest absolute Gasteiger partial charge is 0.383 e. The summed E-state index contributed by atoms with van der Waals surface area (Å²) in [5, 5.41) is 0.606. The van der Waals surface area contributed by atoms with Crippen LogP contribution in [0.5, 0.6) is 0 Å². The standard InChI is InChI=1S/C24H28ClN3O2/c1-17-13-18(2)22(19(3)14-17)15-27-10-9-26-23(27)16-28(11-12-30-4)24(29)20-5-7-21(25)8-6-20/h5-10,13-14H,11-12,15-16H2,1-4H3. The summed E-state index contributed by atoms with van der Waals surface area (Å²) in [7, 11) is 1.63. The number of rotatable bonds is 8. The molecule has 3 rings (SSSR count). The minimum Gasteiger partial charge on any atom is -0.383 e. The molecule has 5 nitrogen and oxygen atoms in total. The highest BCUT2D eigenvalue weighted by molar-refractivity contribution is 6.30. The van der Waals surface area contributed by atoms with Crippen molar-refractivity contribution in [2.75, 3.05) is 20.3 Å². The van der Waals surface area contributed by atoms with Crippen LogP contribution in [-0.4, -0.2) is 40.6 Å². The molecule has 2 aromatic carbocycles. The molecule has 30 heavy (non-hydrogen) atoms. The Morgan fingerprint density at radius 1 is 1.13 bits per heavy atom. The number of amides is 1. The van der Waals surface area contributed by atoms with Crippen LogP contribution in [0.4, 0.5) is 0 Å². The van der Waals surface area contributed by atoms with Crippen molar-refractivity contribution >= 4 is 17.5 Å². The van der Waals surface area contributed by atoms with Crippen LogP contribution in [0.2, 0.25) is 5.02 Å². The van der Waals surface area contributed by atoms with Crippen LogP contribution in [0.15, 0.2) is 48.8 Å². The van der Waals surface area contributed by atoms with Gasteiger partial charge in [0.15, 0.2) is 0 Å². The number of halogens is 1. The maximum Gasteiger partial charge on any atom is 0.254 e. The van der Waals surface area contributed by atoms with Gasteiger partial charge in [-0.15, -0.1) is 0 Å². The fourth-order valence-corrected chi connectivity index (χ4v) is 3.79. The summed E-state index contributed by atoms with van der Waals surface area (Å²) in [5.41, 5.74) is 5.67. The molecule has 0 fully saturated rings. The molecular formula is C24H28ClN3O2. The second-order valence-corrected chi connectivity index (χ2v) is 8.01. The smallest absolute Gasteiger partial charge is 0.254 e. The number of imidazole rings is 1. The van der Waals surface area contributed by atoms with Gasteiger partial charge in [0.1, 0.15) is 5.82 Å². The van der Waals surface area contributed by atoms with Crippen molar-refractivity contribution in [2.24, 2.45) is 0 Å². The molecule has 1 aromatic heterocycles. The molecule has 1 heterocycles. The van der Waals surface area contributed by atoms with Crippen LogP contribution >= 0.6 is 11.6 Å². The van der Waals surface area contributed by atoms with E-state index in [1.807, 2.05) is 6.20 Å². The number of ether oxygens (including phenoxy) is 1. The third kappa shape index (κ3) is 5.29. The predicted octanol–water partition coefficient (Wildman–Crippen LogP) is 4.80. The van der Waals surface area contributed by atoms with Crippen LogP contribution in [0.3, 0.4) is 0 Å². The van der Waals surface area contributed by atoms with Crippen LogP contribution in [-0.2, 0) is 17.8 Å². The molecule has 1 amide bonds. The van der Waals surface area contributed by atoms with Gasteiger partial charge in [0.05, 0.1) is 13.2 Å². The summed E-state index contributed by atoms with van der Waals surface area (Å²) in [6, 6.07) is 11.4. The van der Waals surface area contributed by atoms with Gasteiger partial charge in [-0.1, -0.05) is 29.3 Å². The zero-order chi connectivity index (χ0) is 21.7. The number of methoxy groups -OCH3 is 1. The van der Waals surface area contributed by atoms with Gasteiger partial charge in [-0.05, 0) is 61.7 Å². The van der Waals surface area contributed by atoms with E-state index in [4.69, 9.17) is 16.3 Å². The first-order valence-corrected chi connectivity index (χ1v) is 10.4. The highest BCUT2D eigenvalue weighted by Crippen LogP contribution is 2.19. The van der Waals surface area contributed by atoms with Gasteiger partial charge in [-0.2, -0.15) is 0 Å². The summed E-state index contributed by atoms with van der Waals surface area (Å²) >= 11 is 5.97. The van der Waals surface area contributed by atoms with Crippen molar-refractivity contribution in [3.05, 3.63) is 87.5 Å². The summed E-state index contributed by atoms with van der Waals surface area (Å²) in [6.45, 7) is 8.45. The Bertz CT molecular complexity index is 989. The molecular weight excluding hydrogens is 398 g/mol. The number of nitrogens with zero attached hydrogens (tertiary/aromatic N) is 3. The molecule has 0 aliphatic rings. The Kier molecular flexibility index (Phi) is 7.29. The van der Waals surface area contributed by atoms with Gasteiger partial charge in [-0.3, -0.25) is 4.79 Å². The van der Waals surface area contributed by atoms with Crippen LogP contribution in [0.25, 0.3) is 0 Å². The van der Waals surface area contributed by atoms with E-state index in [0.29, 0.717) is 30.3 Å². The Morgan fingerprint density at radius 2 is 1.80 bits per heavy atom. The second-order valence-electron chi connectivity index (χ2n) is 7.58. The van der Waals surface area contributed by atoms with Gasteiger partial charge in [0.25, 0.3) is 5.91 Å². The average Bonchev–Trinajstić information content (AvgIpc) is 3.14. The third-order valence-corrected chi connectivity index (χ3v) is 5.50. The van der Waals surface area contributed by atoms with Crippen molar-refractivity contribution < 1.29 is 9.53 Å². The molecule has 0 aliphatic heterocycles. The Morgan fingerprint density at radius 3 is 2.43 bits per heavy atom. The van der Waals surface area contributed by atoms with Gasteiger partial charge in [-0.25, -0.2) is 4.98 Å². The van der Waals surface area contributed by atoms with Crippen molar-refractivity contribution in [1.29, 1.82) is 0 Å². The van der Waals surface area contributed by atoms with E-state index in [2.05, 4.69) is 42.5 Å². The second kappa shape index (κ2) is 9.92. The topological polar surface area (TPSA) is 47.4 Å². The molecule has 0 atom stereocenters. The molecule has 158 valence electrons. The first-order chi connectivity index (χ1) is 14.4. The van der Waals surface area contributed by atoms with E-state index < -0.39 is 0 Å². The molecule has 0 unspecified atom stereocenters. The predicted molar refractivity (Wildman–Crippen MR) is 120 cm³/mol. The molecule has 0 spiro atoms. The molecule has 0 N–H and O–H groups in total. The molecule has 3 aromatic rings. The zero-order valence-corrected chi connectivity index (χ0v) is 18.7. The Hall–Kier alpha value is -2.63. The first kappa shape index (κ1) is 22.1. The van der Waals surface area contributed by atoms with Gasteiger partial charge in [0, 0.05) is 43.2 Å². The van der Waals surface area contributed by atoms with Crippen molar-refractivity contribution in [2.45, 2.75) is 33.9 Å². The van der Waals surface area contributed by atoms with Gasteiger partial charge < -0.3 is 14.2 Å². The molecule has 0 saturated carbocycles. The number of hydrogen-bond donors (Lipinski definition) is 0. The fraction of sp³-hybridized carbons (Fsp3) is 0.333. The van der Waals surface area contributed by atoms with Crippen LogP contribution < -0.4 is 0 Å². The lowest BCUT2D eigenvalue weighted by atomic mass is 10.00. The lowest BCUT2D eigenvalue weighted by molar-refractivity contribution is 0.0673. The number of aryl methyl sites for hydroxylation is 3. The fourth-order valence-electron chi connectivity index (χ4n) is 3.66. The lowest BCUT2D eigenvalue weighted by Crippen LogP contribution is -2.34. The maximum absolute atomic E-state index is 13.1. The average molecular weight is 426 g/mol. The monoisotopic (exact) mass is 425 g/mol. The number of aromatic nitrogens is 2. The highest BCUT2D eigenvalue weighted by Gasteiger charge is 2.19. The molecule has 6 heteroatoms. The zero-order valence-electron chi connectivity index (χ0n) is 18.0. The summed E-state index contributed by atoms with van der Waals surface area (Å²) < 4.78 is 7.33. The van der Waals surface area contributed by atoms with E-state index in [-0.39, 0.29) is 5.91 Å². The minimum atomic E-state index is -0.0686. The number of carbonyl (C=O) groups is 1. The quantitative estimate of drug-likeness (QED) is 0.520. The van der Waals surface area contributed by atoms with Crippen LogP contribution in [0, 0.1) is 20.8 Å². The first-order valence-electron chi connectivity index (χ1n) is 9.99. The van der Waals surface area contributed by atoms with E-state index >= 15 is 0 Å². The van der Waals surface area contributed by atoms with Crippen molar-refractivity contribution in [1.82, 2.24) is 14.5 Å². The molecule has 0 bridgehead atoms. The van der Waals surface area contributed by atoms with E-state index in [1.54, 1.807) is 42.5 Å². The molecule has 0 aliphatic carbocycles. The van der Waals surface area contributed by atoms with E-state index in [1.165, 1.54) is 22.3 Å². The van der Waals surface area contributed by atoms with E-state index in [0.717, 1.165) is 12.4 Å². The number of benzene rings is 2. The number of carbonyl (C=O) groups excluding carboxylic acids is 1. The summed E-state index contributed by atoms with van der Waals surface area (Å²) in [5.74, 6) is 0.772. The van der Waals surface area contributed by atoms with E-state index in [9.17, 15) is 4.79 Å². The molecule has 0 saturated heterocycles. The Balaban J connectivity index is 1.83. The third-order valence-electron chi connectivity index (χ3n) is 5.25. The Labute approximate surface area is 183 Å². The van der Waals surface area contributed by atoms with Crippen molar-refractivity contribution in [3.8, 4) is 0 Å². The summed E-state index contributed by atoms with van der Waals surface area (Å²) in [4.78, 5) is 19.4. The highest BCUT2D eigenvalue weighted by atomic mass is 35.5. The van der Waals surface area contributed by atoms with Crippen molar-refractivity contribution in [3.63, 3.8) is 0 Å². The van der Waals surface area contributed by atoms with Gasteiger partial charge in [0.2, 0.25) is 0 Å². The van der Waals surface area contributed by atoms with Gasteiger partial charge >= 0.3 is 0 Å². The van der Waals surface area contributed by atoms with Crippen LogP contribution in [0.1, 0.15) is 38.4 Å². The SMILES string of the molecule is COCCN(Cc1nccn1Cc1c(C)cc(C)cc1C)C(=O)c1ccc(Cl)cc1. The summed E-state index contributed by atoms with van der Waals surface area (Å²) in [6.07, 6.45) is 3.75. The lowest BCUT2D eigenvalue weighted by Gasteiger charge is -2.23. The minimum absolute atomic E-state index is 0.0686.